The van der Waals surface area contributed by atoms with Crippen molar-refractivity contribution >= 4 is 29.1 Å². The number of pyridine rings is 1. The van der Waals surface area contributed by atoms with Crippen molar-refractivity contribution in [3.8, 4) is 0 Å². The zero-order valence-electron chi connectivity index (χ0n) is 19.6. The summed E-state index contributed by atoms with van der Waals surface area (Å²) in [6, 6.07) is 13.9. The number of hydrogen-bond acceptors (Lipinski definition) is 5. The molecule has 1 fully saturated rings. The Morgan fingerprint density at radius 2 is 1.71 bits per heavy atom. The van der Waals surface area contributed by atoms with Crippen molar-refractivity contribution in [1.29, 1.82) is 0 Å². The normalized spacial score (nSPS) is 15.4. The van der Waals surface area contributed by atoms with Gasteiger partial charge in [-0.05, 0) is 61.4 Å². The molecule has 34 heavy (non-hydrogen) atoms. The first kappa shape index (κ1) is 24.1. The minimum absolute atomic E-state index is 0.123. The van der Waals surface area contributed by atoms with Crippen LogP contribution >= 0.6 is 11.8 Å². The van der Waals surface area contributed by atoms with E-state index in [1.807, 2.05) is 43.1 Å². The molecule has 2 aliphatic rings. The monoisotopic (exact) mass is 476 g/mol. The van der Waals surface area contributed by atoms with Gasteiger partial charge in [-0.2, -0.15) is 0 Å². The fourth-order valence-corrected chi connectivity index (χ4v) is 4.97. The van der Waals surface area contributed by atoms with Gasteiger partial charge in [0.2, 0.25) is 0 Å². The van der Waals surface area contributed by atoms with Gasteiger partial charge in [0.15, 0.2) is 0 Å². The number of hydrazine groups is 1. The fraction of sp³-hybridized carbons (Fsp3) is 0.296. The maximum absolute atomic E-state index is 13.5. The quantitative estimate of drug-likeness (QED) is 0.372. The van der Waals surface area contributed by atoms with E-state index in [4.69, 9.17) is 4.99 Å². The lowest BCUT2D eigenvalue weighted by Gasteiger charge is -2.21. The van der Waals surface area contributed by atoms with Crippen molar-refractivity contribution in [1.82, 2.24) is 15.4 Å². The van der Waals surface area contributed by atoms with Crippen LogP contribution in [0.25, 0.3) is 0 Å². The Labute approximate surface area is 204 Å². The molecule has 0 bridgehead atoms. The third kappa shape index (κ3) is 5.54. The second-order valence-corrected chi connectivity index (χ2v) is 9.05. The molecule has 3 heterocycles. The molecular weight excluding hydrogens is 447 g/mol. The molecule has 1 amide bonds. The topological polar surface area (TPSA) is 57.6 Å². The van der Waals surface area contributed by atoms with E-state index in [1.165, 1.54) is 25.0 Å². The molecule has 0 aliphatic carbocycles. The van der Waals surface area contributed by atoms with E-state index in [1.54, 1.807) is 36.3 Å². The summed E-state index contributed by atoms with van der Waals surface area (Å²) in [6.45, 7) is 5.75. The second-order valence-electron chi connectivity index (χ2n) is 7.97. The van der Waals surface area contributed by atoms with E-state index in [2.05, 4.69) is 10.4 Å². The molecule has 1 aromatic heterocycles. The largest absolute Gasteiger partial charge is 0.285 e. The van der Waals surface area contributed by atoms with Gasteiger partial charge >= 0.3 is 0 Å². The Morgan fingerprint density at radius 1 is 0.971 bits per heavy atom. The van der Waals surface area contributed by atoms with Crippen LogP contribution < -0.4 is 5.43 Å². The highest BCUT2D eigenvalue weighted by Gasteiger charge is 2.21. The third-order valence-corrected chi connectivity index (χ3v) is 6.83. The van der Waals surface area contributed by atoms with Crippen LogP contribution in [-0.4, -0.2) is 34.7 Å². The first-order chi connectivity index (χ1) is 16.7. The van der Waals surface area contributed by atoms with Crippen LogP contribution in [0.1, 0.15) is 61.0 Å². The van der Waals surface area contributed by atoms with E-state index in [9.17, 15) is 9.18 Å². The lowest BCUT2D eigenvalue weighted by atomic mass is 10.0. The average Bonchev–Trinajstić information content (AvgIpc) is 3.22. The molecule has 0 unspecified atom stereocenters. The van der Waals surface area contributed by atoms with E-state index in [0.29, 0.717) is 17.0 Å². The highest BCUT2D eigenvalue weighted by atomic mass is 32.2. The predicted octanol–water partition coefficient (Wildman–Crippen LogP) is 6.40. The lowest BCUT2D eigenvalue weighted by Crippen LogP contribution is -2.42. The molecule has 0 spiro atoms. The van der Waals surface area contributed by atoms with Gasteiger partial charge in [0.1, 0.15) is 5.82 Å². The Morgan fingerprint density at radius 3 is 2.44 bits per heavy atom. The lowest BCUT2D eigenvalue weighted by molar-refractivity contribution is 0.0794. The summed E-state index contributed by atoms with van der Waals surface area (Å²) in [5, 5.41) is 2.02. The number of rotatable bonds is 3. The first-order valence-electron chi connectivity index (χ1n) is 11.8. The smallest absolute Gasteiger partial charge is 0.265 e. The molecule has 5 nitrogen and oxygen atoms in total. The fourth-order valence-electron chi connectivity index (χ4n) is 4.00. The summed E-state index contributed by atoms with van der Waals surface area (Å²) in [7, 11) is 0. The molecular formula is C27H29FN4OS. The van der Waals surface area contributed by atoms with Crippen LogP contribution in [0.4, 0.5) is 10.1 Å². The van der Waals surface area contributed by atoms with E-state index in [0.717, 1.165) is 46.8 Å². The van der Waals surface area contributed by atoms with E-state index < -0.39 is 0 Å². The predicted molar refractivity (Wildman–Crippen MR) is 135 cm³/mol. The molecule has 0 atom stereocenters. The summed E-state index contributed by atoms with van der Waals surface area (Å²) in [5.74, 6) is -0.418. The van der Waals surface area contributed by atoms with Gasteiger partial charge in [-0.3, -0.25) is 15.2 Å². The number of hydrogen-bond donors (Lipinski definition) is 1. The third-order valence-electron chi connectivity index (χ3n) is 5.69. The Balaban J connectivity index is 0.00000133. The average molecular weight is 477 g/mol. The molecule has 2 aliphatic heterocycles. The van der Waals surface area contributed by atoms with Gasteiger partial charge in [-0.25, -0.2) is 14.4 Å². The van der Waals surface area contributed by atoms with Crippen molar-refractivity contribution in [2.45, 2.75) is 49.3 Å². The zero-order valence-corrected chi connectivity index (χ0v) is 20.4. The molecule has 1 N–H and O–H groups in total. The van der Waals surface area contributed by atoms with Gasteiger partial charge in [0, 0.05) is 52.0 Å². The van der Waals surface area contributed by atoms with Crippen LogP contribution in [0.5, 0.6) is 0 Å². The van der Waals surface area contributed by atoms with Gasteiger partial charge in [-0.1, -0.05) is 38.5 Å². The minimum atomic E-state index is -0.295. The van der Waals surface area contributed by atoms with Gasteiger partial charge < -0.3 is 0 Å². The van der Waals surface area contributed by atoms with Crippen molar-refractivity contribution in [3.63, 3.8) is 0 Å². The first-order valence-corrected chi connectivity index (χ1v) is 12.7. The SMILES string of the molecule is CC.O=C(NN1CCCCCC1)c1ccc2c(c1)N=C(c1ccc(F)cc1)c1cnccc1S2. The Bertz CT molecular complexity index is 1170. The number of amides is 1. The second kappa shape index (κ2) is 11.4. The maximum Gasteiger partial charge on any atom is 0.265 e. The number of halogens is 1. The maximum atomic E-state index is 13.5. The highest BCUT2D eigenvalue weighted by Crippen LogP contribution is 2.41. The number of carbonyl (C=O) groups excluding carboxylic acids is 1. The molecule has 2 aromatic carbocycles. The number of nitrogens with zero attached hydrogens (tertiary/aromatic N) is 3. The molecule has 5 rings (SSSR count). The number of nitrogens with one attached hydrogen (secondary N) is 1. The number of carbonyl (C=O) groups is 1. The van der Waals surface area contributed by atoms with Crippen LogP contribution in [0, 0.1) is 5.82 Å². The number of aromatic nitrogens is 1. The zero-order chi connectivity index (χ0) is 23.9. The Kier molecular flexibility index (Phi) is 8.08. The van der Waals surface area contributed by atoms with E-state index >= 15 is 0 Å². The number of benzene rings is 2. The molecule has 1 saturated heterocycles. The van der Waals surface area contributed by atoms with Crippen LogP contribution in [0.15, 0.2) is 75.7 Å². The summed E-state index contributed by atoms with van der Waals surface area (Å²) in [4.78, 5) is 24.1. The highest BCUT2D eigenvalue weighted by molar-refractivity contribution is 7.99. The van der Waals surface area contributed by atoms with E-state index in [-0.39, 0.29) is 11.7 Å². The van der Waals surface area contributed by atoms with Crippen LogP contribution in [0.3, 0.4) is 0 Å². The summed E-state index contributed by atoms with van der Waals surface area (Å²) in [6.07, 6.45) is 8.14. The molecule has 0 saturated carbocycles. The summed E-state index contributed by atoms with van der Waals surface area (Å²) in [5.41, 5.74) is 6.73. The van der Waals surface area contributed by atoms with Crippen molar-refractivity contribution < 1.29 is 9.18 Å². The Hall–Kier alpha value is -3.03. The van der Waals surface area contributed by atoms with Crippen molar-refractivity contribution in [3.05, 3.63) is 83.4 Å². The van der Waals surface area contributed by atoms with Crippen LogP contribution in [-0.2, 0) is 0 Å². The molecule has 0 radical (unpaired) electrons. The number of aliphatic imine (C=N–C) groups is 1. The summed E-state index contributed by atoms with van der Waals surface area (Å²) < 4.78 is 13.5. The molecule has 7 heteroatoms. The summed E-state index contributed by atoms with van der Waals surface area (Å²) >= 11 is 1.59. The van der Waals surface area contributed by atoms with Gasteiger partial charge in [0.25, 0.3) is 5.91 Å². The van der Waals surface area contributed by atoms with Crippen molar-refractivity contribution in [2.24, 2.45) is 4.99 Å². The standard InChI is InChI=1S/C25H23FN4OS.C2H6/c26-19-8-5-17(6-9-19)24-20-16-27-12-11-22(20)32-23-10-7-18(15-21(23)28-24)25(31)29-30-13-3-1-2-4-14-30;1-2/h5-12,15-16H,1-4,13-14H2,(H,29,31);1-2H3. The van der Waals surface area contributed by atoms with Gasteiger partial charge in [0.05, 0.1) is 11.4 Å². The van der Waals surface area contributed by atoms with Crippen LogP contribution in [0.2, 0.25) is 0 Å². The minimum Gasteiger partial charge on any atom is -0.285 e. The van der Waals surface area contributed by atoms with Gasteiger partial charge in [-0.15, -0.1) is 0 Å². The number of fused-ring (bicyclic) bond motifs is 2. The molecule has 3 aromatic rings. The van der Waals surface area contributed by atoms with Crippen molar-refractivity contribution in [2.75, 3.05) is 13.1 Å². The molecule has 176 valence electrons.